The minimum atomic E-state index is -1.03. The van der Waals surface area contributed by atoms with Gasteiger partial charge in [0.1, 0.15) is 11.3 Å². The molecule has 6 nitrogen and oxygen atoms in total. The highest BCUT2D eigenvalue weighted by molar-refractivity contribution is 5.94. The van der Waals surface area contributed by atoms with Crippen LogP contribution in [0.25, 0.3) is 22.6 Å². The number of hydrogen-bond acceptors (Lipinski definition) is 3. The number of nitrogens with zero attached hydrogens (tertiary/aromatic N) is 2. The second kappa shape index (κ2) is 3.94. The summed E-state index contributed by atoms with van der Waals surface area (Å²) in [4.78, 5) is 18.6. The first-order valence-electron chi connectivity index (χ1n) is 5.80. The quantitative estimate of drug-likeness (QED) is 0.655. The van der Waals surface area contributed by atoms with Gasteiger partial charge in [-0.05, 0) is 37.1 Å². The fourth-order valence-corrected chi connectivity index (χ4v) is 2.02. The zero-order chi connectivity index (χ0) is 13.6. The van der Waals surface area contributed by atoms with Crippen LogP contribution in [0.4, 0.5) is 0 Å². The van der Waals surface area contributed by atoms with Crippen molar-refractivity contribution in [2.45, 2.75) is 13.8 Å². The number of aromatic carboxylic acids is 1. The summed E-state index contributed by atoms with van der Waals surface area (Å²) in [6.07, 6.45) is 1.35. The Morgan fingerprint density at radius 3 is 2.74 bits per heavy atom. The molecule has 0 bridgehead atoms. The fourth-order valence-electron chi connectivity index (χ4n) is 2.02. The van der Waals surface area contributed by atoms with Crippen LogP contribution in [0.3, 0.4) is 0 Å². The summed E-state index contributed by atoms with van der Waals surface area (Å²) in [6, 6.07) is 3.96. The van der Waals surface area contributed by atoms with E-state index in [-0.39, 0.29) is 5.56 Å². The maximum absolute atomic E-state index is 11.1. The van der Waals surface area contributed by atoms with Gasteiger partial charge in [-0.25, -0.2) is 9.78 Å². The summed E-state index contributed by atoms with van der Waals surface area (Å²) in [6.45, 7) is 4.03. The lowest BCUT2D eigenvalue weighted by molar-refractivity contribution is 0.0697. The Hall–Kier alpha value is -2.63. The molecule has 0 aliphatic heterocycles. The van der Waals surface area contributed by atoms with Crippen molar-refractivity contribution < 1.29 is 9.90 Å². The van der Waals surface area contributed by atoms with Gasteiger partial charge < -0.3 is 10.1 Å². The molecule has 0 fully saturated rings. The third kappa shape index (κ3) is 1.77. The standard InChI is InChI=1S/C13H12N4O2/c1-6-3-9-10(4-7(6)2)16-12(15-9)11-8(13(18)19)5-14-17-11/h3-5H,1-2H3,(H,14,17)(H,15,16)(H,18,19). The Bertz CT molecular complexity index is 746. The number of aromatic nitrogens is 4. The number of benzene rings is 1. The number of H-pyrrole nitrogens is 2. The van der Waals surface area contributed by atoms with Crippen molar-refractivity contribution in [3.63, 3.8) is 0 Å². The smallest absolute Gasteiger partial charge is 0.339 e. The van der Waals surface area contributed by atoms with Gasteiger partial charge in [-0.3, -0.25) is 5.10 Å². The number of carboxylic acid groups (broad SMARTS) is 1. The molecule has 19 heavy (non-hydrogen) atoms. The van der Waals surface area contributed by atoms with Gasteiger partial charge in [-0.15, -0.1) is 0 Å². The van der Waals surface area contributed by atoms with Gasteiger partial charge >= 0.3 is 5.97 Å². The molecule has 2 aromatic heterocycles. The molecule has 6 heteroatoms. The zero-order valence-electron chi connectivity index (χ0n) is 10.5. The number of rotatable bonds is 2. The van der Waals surface area contributed by atoms with E-state index in [1.807, 2.05) is 26.0 Å². The van der Waals surface area contributed by atoms with Crippen molar-refractivity contribution in [2.75, 3.05) is 0 Å². The van der Waals surface area contributed by atoms with Crippen LogP contribution in [0.5, 0.6) is 0 Å². The Labute approximate surface area is 108 Å². The van der Waals surface area contributed by atoms with Crippen LogP contribution < -0.4 is 0 Å². The number of carbonyl (C=O) groups is 1. The molecule has 0 saturated carbocycles. The number of aryl methyl sites for hydroxylation is 2. The summed E-state index contributed by atoms with van der Waals surface area (Å²) < 4.78 is 0. The highest BCUT2D eigenvalue weighted by atomic mass is 16.4. The molecule has 1 aromatic carbocycles. The third-order valence-electron chi connectivity index (χ3n) is 3.19. The van der Waals surface area contributed by atoms with Crippen molar-refractivity contribution in [3.8, 4) is 11.5 Å². The normalized spacial score (nSPS) is 11.1. The van der Waals surface area contributed by atoms with Gasteiger partial charge in [0.15, 0.2) is 5.82 Å². The summed E-state index contributed by atoms with van der Waals surface area (Å²) in [5.41, 5.74) is 4.40. The number of carboxylic acids is 1. The molecule has 3 N–H and O–H groups in total. The Balaban J connectivity index is 2.21. The monoisotopic (exact) mass is 256 g/mol. The molecule has 0 saturated heterocycles. The molecular weight excluding hydrogens is 244 g/mol. The molecule has 96 valence electrons. The Morgan fingerprint density at radius 2 is 2.00 bits per heavy atom. The van der Waals surface area contributed by atoms with E-state index in [0.29, 0.717) is 11.5 Å². The molecule has 0 aliphatic rings. The molecule has 0 radical (unpaired) electrons. The molecule has 3 rings (SSSR count). The number of imidazole rings is 1. The van der Waals surface area contributed by atoms with Gasteiger partial charge in [0.05, 0.1) is 11.0 Å². The summed E-state index contributed by atoms with van der Waals surface area (Å²) in [5.74, 6) is -0.574. The molecule has 2 heterocycles. The first-order valence-corrected chi connectivity index (χ1v) is 5.80. The summed E-state index contributed by atoms with van der Waals surface area (Å²) >= 11 is 0. The fraction of sp³-hybridized carbons (Fsp3) is 0.154. The van der Waals surface area contributed by atoms with E-state index in [2.05, 4.69) is 20.2 Å². The van der Waals surface area contributed by atoms with Crippen LogP contribution in [-0.2, 0) is 0 Å². The van der Waals surface area contributed by atoms with Crippen LogP contribution in [0.15, 0.2) is 18.3 Å². The first-order chi connectivity index (χ1) is 9.06. The first kappa shape index (κ1) is 11.5. The van der Waals surface area contributed by atoms with Crippen molar-refractivity contribution in [1.82, 2.24) is 20.2 Å². The highest BCUT2D eigenvalue weighted by Gasteiger charge is 2.17. The lowest BCUT2D eigenvalue weighted by Gasteiger charge is -1.97. The minimum Gasteiger partial charge on any atom is -0.478 e. The van der Waals surface area contributed by atoms with Gasteiger partial charge in [-0.1, -0.05) is 0 Å². The predicted octanol–water partition coefficient (Wildman–Crippen LogP) is 2.27. The van der Waals surface area contributed by atoms with Crippen molar-refractivity contribution in [3.05, 3.63) is 35.0 Å². The molecule has 0 amide bonds. The lowest BCUT2D eigenvalue weighted by Crippen LogP contribution is -1.97. The number of nitrogens with one attached hydrogen (secondary N) is 2. The average molecular weight is 256 g/mol. The average Bonchev–Trinajstić information content (AvgIpc) is 2.95. The van der Waals surface area contributed by atoms with E-state index in [1.54, 1.807) is 0 Å². The zero-order valence-corrected chi connectivity index (χ0v) is 10.5. The summed E-state index contributed by atoms with van der Waals surface area (Å²) in [5, 5.41) is 15.6. The topological polar surface area (TPSA) is 94.7 Å². The van der Waals surface area contributed by atoms with Gasteiger partial charge in [0.2, 0.25) is 0 Å². The predicted molar refractivity (Wildman–Crippen MR) is 70.1 cm³/mol. The van der Waals surface area contributed by atoms with Gasteiger partial charge in [0, 0.05) is 6.20 Å². The summed E-state index contributed by atoms with van der Waals surface area (Å²) in [7, 11) is 0. The van der Waals surface area contributed by atoms with Crippen LogP contribution >= 0.6 is 0 Å². The third-order valence-corrected chi connectivity index (χ3v) is 3.19. The molecule has 3 aromatic rings. The highest BCUT2D eigenvalue weighted by Crippen LogP contribution is 2.23. The second-order valence-corrected chi connectivity index (χ2v) is 4.49. The van der Waals surface area contributed by atoms with Crippen LogP contribution in [-0.4, -0.2) is 31.2 Å². The number of hydrogen-bond donors (Lipinski definition) is 3. The SMILES string of the molecule is Cc1cc2nc(-c3n[nH]cc3C(=O)O)[nH]c2cc1C. The Kier molecular flexibility index (Phi) is 2.38. The van der Waals surface area contributed by atoms with Crippen molar-refractivity contribution >= 4 is 17.0 Å². The maximum atomic E-state index is 11.1. The molecule has 0 aliphatic carbocycles. The van der Waals surface area contributed by atoms with Gasteiger partial charge in [-0.2, -0.15) is 5.10 Å². The number of aromatic amines is 2. The van der Waals surface area contributed by atoms with E-state index >= 15 is 0 Å². The largest absolute Gasteiger partial charge is 0.478 e. The maximum Gasteiger partial charge on any atom is 0.339 e. The second-order valence-electron chi connectivity index (χ2n) is 4.49. The minimum absolute atomic E-state index is 0.104. The van der Waals surface area contributed by atoms with Crippen LogP contribution in [0.2, 0.25) is 0 Å². The van der Waals surface area contributed by atoms with Crippen LogP contribution in [0, 0.1) is 13.8 Å². The number of fused-ring (bicyclic) bond motifs is 1. The molecule has 0 unspecified atom stereocenters. The van der Waals surface area contributed by atoms with Crippen molar-refractivity contribution in [2.24, 2.45) is 0 Å². The van der Waals surface area contributed by atoms with E-state index in [0.717, 1.165) is 22.2 Å². The van der Waals surface area contributed by atoms with E-state index < -0.39 is 5.97 Å². The molecular formula is C13H12N4O2. The van der Waals surface area contributed by atoms with E-state index in [9.17, 15) is 4.79 Å². The van der Waals surface area contributed by atoms with E-state index in [1.165, 1.54) is 6.20 Å². The lowest BCUT2D eigenvalue weighted by atomic mass is 10.1. The molecule has 0 spiro atoms. The Morgan fingerprint density at radius 1 is 1.26 bits per heavy atom. The van der Waals surface area contributed by atoms with Gasteiger partial charge in [0.25, 0.3) is 0 Å². The molecule has 0 atom stereocenters. The van der Waals surface area contributed by atoms with Crippen molar-refractivity contribution in [1.29, 1.82) is 0 Å². The van der Waals surface area contributed by atoms with Crippen LogP contribution in [0.1, 0.15) is 21.5 Å². The van der Waals surface area contributed by atoms with E-state index in [4.69, 9.17) is 5.11 Å².